The molecule has 0 bridgehead atoms. The van der Waals surface area contributed by atoms with Crippen molar-refractivity contribution in [3.8, 4) is 6.07 Å². The van der Waals surface area contributed by atoms with Gasteiger partial charge in [0, 0.05) is 0 Å². The lowest BCUT2D eigenvalue weighted by Gasteiger charge is -2.06. The van der Waals surface area contributed by atoms with E-state index in [-0.39, 0.29) is 5.95 Å². The summed E-state index contributed by atoms with van der Waals surface area (Å²) in [6.07, 6.45) is 0. The van der Waals surface area contributed by atoms with Crippen molar-refractivity contribution in [3.63, 3.8) is 0 Å². The third kappa shape index (κ3) is 2.53. The van der Waals surface area contributed by atoms with Gasteiger partial charge < -0.3 is 0 Å². The molecule has 0 atom stereocenters. The summed E-state index contributed by atoms with van der Waals surface area (Å²) >= 11 is 0. The summed E-state index contributed by atoms with van der Waals surface area (Å²) in [7, 11) is -4.12. The Hall–Kier alpha value is -2.47. The Balaban J connectivity index is 2.46. The van der Waals surface area contributed by atoms with Gasteiger partial charge in [-0.05, 0) is 19.1 Å². The Bertz CT molecular complexity index is 762. The molecule has 0 aliphatic heterocycles. The van der Waals surface area contributed by atoms with Gasteiger partial charge in [0.25, 0.3) is 16.0 Å². The third-order valence-electron chi connectivity index (χ3n) is 2.20. The number of sulfonamides is 1. The van der Waals surface area contributed by atoms with Crippen LogP contribution in [0.15, 0.2) is 23.1 Å². The van der Waals surface area contributed by atoms with Crippen molar-refractivity contribution in [1.29, 1.82) is 5.26 Å². The van der Waals surface area contributed by atoms with Crippen LogP contribution in [0.1, 0.15) is 11.4 Å². The Kier molecular flexibility index (Phi) is 3.18. The van der Waals surface area contributed by atoms with Crippen LogP contribution in [0.2, 0.25) is 0 Å². The van der Waals surface area contributed by atoms with Crippen molar-refractivity contribution in [3.05, 3.63) is 35.4 Å². The molecule has 98 valence electrons. The number of hydrogen-bond donors (Lipinski definition) is 2. The van der Waals surface area contributed by atoms with Crippen LogP contribution in [0.4, 0.5) is 10.3 Å². The topological polar surface area (TPSA) is 112 Å². The summed E-state index contributed by atoms with van der Waals surface area (Å²) in [4.78, 5) is 3.31. The lowest BCUT2D eigenvalue weighted by molar-refractivity contribution is 0.593. The first-order chi connectivity index (χ1) is 8.94. The molecule has 2 rings (SSSR count). The fraction of sp³-hybridized carbons (Fsp3) is 0.100. The number of rotatable bonds is 3. The zero-order valence-corrected chi connectivity index (χ0v) is 10.5. The molecule has 0 spiro atoms. The average molecular weight is 281 g/mol. The summed E-state index contributed by atoms with van der Waals surface area (Å²) in [5.41, 5.74) is -0.553. The van der Waals surface area contributed by atoms with Gasteiger partial charge in [0.2, 0.25) is 0 Å². The number of hydrogen-bond acceptors (Lipinski definition) is 5. The monoisotopic (exact) mass is 281 g/mol. The zero-order chi connectivity index (χ0) is 14.0. The minimum atomic E-state index is -4.12. The van der Waals surface area contributed by atoms with Gasteiger partial charge in [0.05, 0.1) is 0 Å². The van der Waals surface area contributed by atoms with E-state index in [1.54, 1.807) is 6.92 Å². The second-order valence-corrected chi connectivity index (χ2v) is 5.23. The number of aromatic nitrogens is 3. The van der Waals surface area contributed by atoms with E-state index in [0.29, 0.717) is 5.82 Å². The molecule has 19 heavy (non-hydrogen) atoms. The first-order valence-electron chi connectivity index (χ1n) is 5.04. The molecular weight excluding hydrogens is 273 g/mol. The number of aryl methyl sites for hydroxylation is 1. The highest BCUT2D eigenvalue weighted by Gasteiger charge is 2.22. The average Bonchev–Trinajstić information content (AvgIpc) is 2.73. The fourth-order valence-corrected chi connectivity index (χ4v) is 2.51. The minimum absolute atomic E-state index is 0.175. The molecule has 0 saturated heterocycles. The van der Waals surface area contributed by atoms with Crippen LogP contribution in [0.25, 0.3) is 0 Å². The second-order valence-electron chi connectivity index (χ2n) is 3.57. The van der Waals surface area contributed by atoms with Gasteiger partial charge in [0.1, 0.15) is 28.2 Å². The van der Waals surface area contributed by atoms with Crippen molar-refractivity contribution in [2.45, 2.75) is 11.8 Å². The Morgan fingerprint density at radius 3 is 2.79 bits per heavy atom. The van der Waals surface area contributed by atoms with E-state index in [4.69, 9.17) is 5.26 Å². The van der Waals surface area contributed by atoms with Gasteiger partial charge >= 0.3 is 0 Å². The molecule has 0 radical (unpaired) electrons. The summed E-state index contributed by atoms with van der Waals surface area (Å²) in [6, 6.07) is 4.86. The highest BCUT2D eigenvalue weighted by Crippen LogP contribution is 2.19. The van der Waals surface area contributed by atoms with E-state index in [0.717, 1.165) is 12.1 Å². The Morgan fingerprint density at radius 2 is 2.21 bits per heavy atom. The first-order valence-corrected chi connectivity index (χ1v) is 6.53. The quantitative estimate of drug-likeness (QED) is 0.869. The van der Waals surface area contributed by atoms with Gasteiger partial charge in [-0.2, -0.15) is 10.2 Å². The number of nitrogens with zero attached hydrogens (tertiary/aromatic N) is 3. The maximum absolute atomic E-state index is 13.4. The molecule has 9 heteroatoms. The fourth-order valence-electron chi connectivity index (χ4n) is 1.40. The highest BCUT2D eigenvalue weighted by atomic mass is 32.2. The lowest BCUT2D eigenvalue weighted by atomic mass is 10.2. The summed E-state index contributed by atoms with van der Waals surface area (Å²) in [5, 5.41) is 14.9. The van der Waals surface area contributed by atoms with E-state index in [9.17, 15) is 12.8 Å². The number of aromatic amines is 1. The molecule has 7 nitrogen and oxygen atoms in total. The molecule has 0 amide bonds. The number of nitrogens with one attached hydrogen (secondary N) is 2. The van der Waals surface area contributed by atoms with Crippen molar-refractivity contribution in [1.82, 2.24) is 15.2 Å². The van der Waals surface area contributed by atoms with Gasteiger partial charge in [-0.1, -0.05) is 6.07 Å². The molecule has 2 N–H and O–H groups in total. The van der Waals surface area contributed by atoms with E-state index in [1.807, 2.05) is 0 Å². The van der Waals surface area contributed by atoms with Crippen LogP contribution in [0, 0.1) is 24.1 Å². The molecule has 0 fully saturated rings. The molecule has 1 aromatic carbocycles. The maximum Gasteiger partial charge on any atom is 0.265 e. The number of nitriles is 1. The van der Waals surface area contributed by atoms with Crippen LogP contribution in [-0.2, 0) is 10.0 Å². The lowest BCUT2D eigenvalue weighted by Crippen LogP contribution is -2.16. The van der Waals surface area contributed by atoms with Crippen LogP contribution in [0.3, 0.4) is 0 Å². The maximum atomic E-state index is 13.4. The minimum Gasteiger partial charge on any atom is -0.261 e. The second kappa shape index (κ2) is 4.66. The largest absolute Gasteiger partial charge is 0.265 e. The van der Waals surface area contributed by atoms with Crippen LogP contribution in [0.5, 0.6) is 0 Å². The predicted molar refractivity (Wildman–Crippen MR) is 63.0 cm³/mol. The van der Waals surface area contributed by atoms with Gasteiger partial charge in [-0.3, -0.25) is 5.10 Å². The summed E-state index contributed by atoms with van der Waals surface area (Å²) in [6.45, 7) is 1.59. The predicted octanol–water partition coefficient (Wildman–Crippen LogP) is 0.925. The van der Waals surface area contributed by atoms with E-state index >= 15 is 0 Å². The molecule has 1 heterocycles. The van der Waals surface area contributed by atoms with Crippen molar-refractivity contribution in [2.75, 3.05) is 4.72 Å². The standard InChI is InChI=1S/C10H8FN5O2S/c1-6-13-10(15-14-6)16-19(17,18)9-4-2-3-8(11)7(9)5-12/h2-4H,1H3,(H2,13,14,15,16). The summed E-state index contributed by atoms with van der Waals surface area (Å²) in [5.74, 6) is -0.667. The highest BCUT2D eigenvalue weighted by molar-refractivity contribution is 7.92. The van der Waals surface area contributed by atoms with Crippen molar-refractivity contribution < 1.29 is 12.8 Å². The van der Waals surface area contributed by atoms with Gasteiger partial charge in [0.15, 0.2) is 0 Å². The smallest absolute Gasteiger partial charge is 0.261 e. The Morgan fingerprint density at radius 1 is 1.47 bits per heavy atom. The number of halogens is 1. The number of anilines is 1. The van der Waals surface area contributed by atoms with Gasteiger partial charge in [-0.25, -0.2) is 17.5 Å². The molecule has 1 aromatic heterocycles. The molecule has 0 aliphatic rings. The normalized spacial score (nSPS) is 11.0. The van der Waals surface area contributed by atoms with Crippen LogP contribution >= 0.6 is 0 Å². The van der Waals surface area contributed by atoms with Crippen LogP contribution < -0.4 is 4.72 Å². The molecule has 0 saturated carbocycles. The van der Waals surface area contributed by atoms with E-state index in [2.05, 4.69) is 19.9 Å². The van der Waals surface area contributed by atoms with Crippen LogP contribution in [-0.4, -0.2) is 23.6 Å². The number of H-pyrrole nitrogens is 1. The van der Waals surface area contributed by atoms with E-state index in [1.165, 1.54) is 12.1 Å². The van der Waals surface area contributed by atoms with E-state index < -0.39 is 26.3 Å². The zero-order valence-electron chi connectivity index (χ0n) is 9.68. The SMILES string of the molecule is Cc1nc(NS(=O)(=O)c2cccc(F)c2C#N)n[nH]1. The third-order valence-corrected chi connectivity index (χ3v) is 3.57. The first kappa shape index (κ1) is 13.0. The number of benzene rings is 1. The molecular formula is C10H8FN5O2S. The summed E-state index contributed by atoms with van der Waals surface area (Å²) < 4.78 is 39.5. The van der Waals surface area contributed by atoms with Crippen molar-refractivity contribution in [2.24, 2.45) is 0 Å². The molecule has 0 aliphatic carbocycles. The van der Waals surface area contributed by atoms with Gasteiger partial charge in [-0.15, -0.1) is 5.10 Å². The van der Waals surface area contributed by atoms with Crippen molar-refractivity contribution >= 4 is 16.0 Å². The Labute approximate surface area is 108 Å². The molecule has 2 aromatic rings. The molecule has 0 unspecified atom stereocenters.